The molecule has 1 heterocycles. The predicted octanol–water partition coefficient (Wildman–Crippen LogP) is 2.02. The maximum Gasteiger partial charge on any atom is 0.165 e. The van der Waals surface area contributed by atoms with Gasteiger partial charge < -0.3 is 15.0 Å². The molecule has 1 aliphatic heterocycles. The average Bonchev–Trinajstić information content (AvgIpc) is 2.79. The number of methoxy groups -OCH3 is 1. The Labute approximate surface area is 102 Å². The molecule has 1 N–H and O–H groups in total. The van der Waals surface area contributed by atoms with E-state index < -0.39 is 0 Å². The van der Waals surface area contributed by atoms with Crippen LogP contribution in [-0.4, -0.2) is 32.8 Å². The van der Waals surface area contributed by atoms with Gasteiger partial charge in [0.15, 0.2) is 11.6 Å². The zero-order valence-corrected chi connectivity index (χ0v) is 10.4. The third-order valence-electron chi connectivity index (χ3n) is 3.18. The fourth-order valence-electron chi connectivity index (χ4n) is 2.30. The molecular formula is C13H19FN2O. The van der Waals surface area contributed by atoms with E-state index in [0.717, 1.165) is 31.7 Å². The molecule has 4 heteroatoms. The Bertz CT molecular complexity index is 384. The number of nitrogens with zero attached hydrogens (tertiary/aromatic N) is 1. The monoisotopic (exact) mass is 238 g/mol. The predicted molar refractivity (Wildman–Crippen MR) is 67.2 cm³/mol. The number of hydrogen-bond donors (Lipinski definition) is 1. The van der Waals surface area contributed by atoms with Gasteiger partial charge in [-0.15, -0.1) is 0 Å². The van der Waals surface area contributed by atoms with Crippen LogP contribution in [0.3, 0.4) is 0 Å². The molecule has 2 rings (SSSR count). The van der Waals surface area contributed by atoms with Crippen LogP contribution in [0.1, 0.15) is 13.3 Å². The molecule has 1 atom stereocenters. The molecular weight excluding hydrogens is 219 g/mol. The summed E-state index contributed by atoms with van der Waals surface area (Å²) in [6.45, 7) is 5.09. The summed E-state index contributed by atoms with van der Waals surface area (Å²) in [5.74, 6) is 0.00748. The van der Waals surface area contributed by atoms with E-state index in [1.807, 2.05) is 6.07 Å². The fraction of sp³-hybridized carbons (Fsp3) is 0.538. The highest BCUT2D eigenvalue weighted by Gasteiger charge is 2.22. The molecule has 1 aromatic rings. The molecule has 0 spiro atoms. The molecule has 1 saturated heterocycles. The number of hydrogen-bond acceptors (Lipinski definition) is 3. The molecule has 94 valence electrons. The van der Waals surface area contributed by atoms with E-state index in [4.69, 9.17) is 4.74 Å². The lowest BCUT2D eigenvalue weighted by molar-refractivity contribution is 0.386. The van der Waals surface area contributed by atoms with Crippen LogP contribution in [0.4, 0.5) is 10.1 Å². The first kappa shape index (κ1) is 12.2. The number of benzene rings is 1. The Morgan fingerprint density at radius 3 is 3.06 bits per heavy atom. The Morgan fingerprint density at radius 1 is 1.53 bits per heavy atom. The number of anilines is 1. The Balaban J connectivity index is 2.08. The first-order valence-electron chi connectivity index (χ1n) is 6.06. The van der Waals surface area contributed by atoms with E-state index >= 15 is 0 Å². The van der Waals surface area contributed by atoms with Gasteiger partial charge in [-0.1, -0.05) is 6.92 Å². The van der Waals surface area contributed by atoms with Gasteiger partial charge in [0.1, 0.15) is 0 Å². The fourth-order valence-corrected chi connectivity index (χ4v) is 2.30. The van der Waals surface area contributed by atoms with Gasteiger partial charge in [0, 0.05) is 30.9 Å². The Morgan fingerprint density at radius 2 is 2.35 bits per heavy atom. The van der Waals surface area contributed by atoms with Crippen LogP contribution in [0, 0.1) is 5.82 Å². The highest BCUT2D eigenvalue weighted by atomic mass is 19.1. The molecule has 1 aliphatic rings. The number of likely N-dealkylation sites (N-methyl/N-ethyl adjacent to an activating group) is 1. The summed E-state index contributed by atoms with van der Waals surface area (Å²) in [5, 5.41) is 3.44. The zero-order chi connectivity index (χ0) is 12.3. The third-order valence-corrected chi connectivity index (χ3v) is 3.18. The van der Waals surface area contributed by atoms with E-state index in [2.05, 4.69) is 17.1 Å². The molecule has 3 nitrogen and oxygen atoms in total. The summed E-state index contributed by atoms with van der Waals surface area (Å²) in [4.78, 5) is 2.26. The smallest absolute Gasteiger partial charge is 0.165 e. The largest absolute Gasteiger partial charge is 0.494 e. The quantitative estimate of drug-likeness (QED) is 0.868. The number of halogens is 1. The van der Waals surface area contributed by atoms with Gasteiger partial charge in [0.2, 0.25) is 0 Å². The van der Waals surface area contributed by atoms with Crippen LogP contribution in [0.15, 0.2) is 18.2 Å². The normalized spacial score (nSPS) is 19.7. The minimum absolute atomic E-state index is 0.307. The van der Waals surface area contributed by atoms with Crippen LogP contribution in [0.25, 0.3) is 0 Å². The van der Waals surface area contributed by atoms with Crippen LogP contribution < -0.4 is 15.0 Å². The topological polar surface area (TPSA) is 24.5 Å². The van der Waals surface area contributed by atoms with E-state index in [-0.39, 0.29) is 5.82 Å². The Kier molecular flexibility index (Phi) is 3.84. The molecule has 1 aromatic carbocycles. The van der Waals surface area contributed by atoms with Crippen molar-refractivity contribution in [2.45, 2.75) is 19.4 Å². The summed E-state index contributed by atoms with van der Waals surface area (Å²) in [6.07, 6.45) is 1.13. The molecule has 17 heavy (non-hydrogen) atoms. The summed E-state index contributed by atoms with van der Waals surface area (Å²) in [5.41, 5.74) is 1.03. The first-order valence-corrected chi connectivity index (χ1v) is 6.06. The highest BCUT2D eigenvalue weighted by Crippen LogP contribution is 2.26. The van der Waals surface area contributed by atoms with Crippen molar-refractivity contribution in [1.29, 1.82) is 0 Å². The lowest BCUT2D eigenvalue weighted by Gasteiger charge is -2.19. The number of ether oxygens (including phenoxy) is 1. The minimum atomic E-state index is -0.307. The van der Waals surface area contributed by atoms with Crippen molar-refractivity contribution in [2.24, 2.45) is 0 Å². The van der Waals surface area contributed by atoms with Gasteiger partial charge in [-0.25, -0.2) is 4.39 Å². The van der Waals surface area contributed by atoms with Crippen molar-refractivity contribution in [1.82, 2.24) is 5.32 Å². The summed E-state index contributed by atoms with van der Waals surface area (Å²) < 4.78 is 18.3. The lowest BCUT2D eigenvalue weighted by atomic mass is 10.2. The Hall–Kier alpha value is -1.29. The average molecular weight is 238 g/mol. The standard InChI is InChI=1S/C13H19FN2O/c1-3-15-10-6-7-16(9-10)11-4-5-12(14)13(8-11)17-2/h4-5,8,10,15H,3,6-7,9H2,1-2H3. The lowest BCUT2D eigenvalue weighted by Crippen LogP contribution is -2.32. The SMILES string of the molecule is CCNC1CCN(c2ccc(F)c(OC)c2)C1. The van der Waals surface area contributed by atoms with Gasteiger partial charge in [-0.3, -0.25) is 0 Å². The van der Waals surface area contributed by atoms with Crippen LogP contribution in [0.5, 0.6) is 5.75 Å². The second kappa shape index (κ2) is 5.36. The minimum Gasteiger partial charge on any atom is -0.494 e. The van der Waals surface area contributed by atoms with Crippen molar-refractivity contribution in [2.75, 3.05) is 31.6 Å². The molecule has 0 aliphatic carbocycles. The summed E-state index contributed by atoms with van der Waals surface area (Å²) in [6, 6.07) is 5.58. The van der Waals surface area contributed by atoms with E-state index in [0.29, 0.717) is 11.8 Å². The van der Waals surface area contributed by atoms with Crippen LogP contribution in [0.2, 0.25) is 0 Å². The van der Waals surface area contributed by atoms with E-state index in [1.54, 1.807) is 6.07 Å². The molecule has 0 bridgehead atoms. The van der Waals surface area contributed by atoms with Crippen molar-refractivity contribution in [3.05, 3.63) is 24.0 Å². The molecule has 0 aromatic heterocycles. The number of nitrogens with one attached hydrogen (secondary N) is 1. The maximum absolute atomic E-state index is 13.3. The highest BCUT2D eigenvalue weighted by molar-refractivity contribution is 5.52. The van der Waals surface area contributed by atoms with Crippen LogP contribution >= 0.6 is 0 Å². The van der Waals surface area contributed by atoms with Crippen molar-refractivity contribution in [3.63, 3.8) is 0 Å². The van der Waals surface area contributed by atoms with Gasteiger partial charge >= 0.3 is 0 Å². The molecule has 1 fully saturated rings. The zero-order valence-electron chi connectivity index (χ0n) is 10.4. The molecule has 1 unspecified atom stereocenters. The molecule has 0 radical (unpaired) electrons. The number of rotatable bonds is 4. The van der Waals surface area contributed by atoms with Gasteiger partial charge in [0.05, 0.1) is 7.11 Å². The van der Waals surface area contributed by atoms with Crippen molar-refractivity contribution in [3.8, 4) is 5.75 Å². The van der Waals surface area contributed by atoms with E-state index in [1.165, 1.54) is 13.2 Å². The van der Waals surface area contributed by atoms with Gasteiger partial charge in [0.25, 0.3) is 0 Å². The van der Waals surface area contributed by atoms with Crippen molar-refractivity contribution < 1.29 is 9.13 Å². The maximum atomic E-state index is 13.3. The van der Waals surface area contributed by atoms with Crippen LogP contribution in [-0.2, 0) is 0 Å². The summed E-state index contributed by atoms with van der Waals surface area (Å²) in [7, 11) is 1.49. The van der Waals surface area contributed by atoms with Gasteiger partial charge in [-0.05, 0) is 25.1 Å². The molecule has 0 amide bonds. The first-order chi connectivity index (χ1) is 8.24. The molecule has 0 saturated carbocycles. The third kappa shape index (κ3) is 2.69. The van der Waals surface area contributed by atoms with E-state index in [9.17, 15) is 4.39 Å². The second-order valence-electron chi connectivity index (χ2n) is 4.31. The summed E-state index contributed by atoms with van der Waals surface area (Å²) >= 11 is 0. The van der Waals surface area contributed by atoms with Gasteiger partial charge in [-0.2, -0.15) is 0 Å². The second-order valence-corrected chi connectivity index (χ2v) is 4.31. The van der Waals surface area contributed by atoms with Crippen molar-refractivity contribution >= 4 is 5.69 Å².